The molecule has 2 rings (SSSR count). The van der Waals surface area contributed by atoms with E-state index >= 15 is 0 Å². The predicted octanol–water partition coefficient (Wildman–Crippen LogP) is 2.16. The minimum absolute atomic E-state index is 0.0213. The van der Waals surface area contributed by atoms with Gasteiger partial charge in [-0.05, 0) is 31.5 Å². The molecule has 2 N–H and O–H groups in total. The highest BCUT2D eigenvalue weighted by Crippen LogP contribution is 2.27. The lowest BCUT2D eigenvalue weighted by Gasteiger charge is -2.25. The minimum Gasteiger partial charge on any atom is -0.399 e. The molecule has 0 spiro atoms. The molecule has 0 atom stereocenters. The van der Waals surface area contributed by atoms with E-state index in [4.69, 9.17) is 5.73 Å². The van der Waals surface area contributed by atoms with Crippen molar-refractivity contribution in [1.82, 2.24) is 9.78 Å². The first-order valence-electron chi connectivity index (χ1n) is 5.47. The van der Waals surface area contributed by atoms with E-state index in [-0.39, 0.29) is 5.69 Å². The fourth-order valence-electron chi connectivity index (χ4n) is 1.76. The van der Waals surface area contributed by atoms with Crippen LogP contribution in [0.4, 0.5) is 11.4 Å². The van der Waals surface area contributed by atoms with Crippen LogP contribution in [0.1, 0.15) is 19.4 Å². The number of nitrogens with two attached hydrogens (primary N) is 1. The Morgan fingerprint density at radius 2 is 2.17 bits per heavy atom. The Bertz CT molecular complexity index is 589. The minimum atomic E-state index is -0.496. The molecule has 0 aliphatic rings. The maximum atomic E-state index is 10.7. The molecule has 0 aliphatic heterocycles. The van der Waals surface area contributed by atoms with Gasteiger partial charge in [0.15, 0.2) is 0 Å². The lowest BCUT2D eigenvalue weighted by molar-refractivity contribution is -0.385. The van der Waals surface area contributed by atoms with Gasteiger partial charge in [-0.1, -0.05) is 12.1 Å². The first-order chi connectivity index (χ1) is 8.41. The summed E-state index contributed by atoms with van der Waals surface area (Å²) < 4.78 is 1.57. The summed E-state index contributed by atoms with van der Waals surface area (Å²) in [4.78, 5) is 10.2. The summed E-state index contributed by atoms with van der Waals surface area (Å²) in [6.07, 6.45) is 2.66. The van der Waals surface area contributed by atoms with Crippen molar-refractivity contribution in [3.63, 3.8) is 0 Å². The van der Waals surface area contributed by atoms with Crippen LogP contribution in [0.5, 0.6) is 0 Å². The van der Waals surface area contributed by atoms with Gasteiger partial charge in [0.05, 0.1) is 10.5 Å². The van der Waals surface area contributed by atoms with E-state index in [0.717, 1.165) is 5.56 Å². The van der Waals surface area contributed by atoms with Crippen LogP contribution in [0.3, 0.4) is 0 Å². The molecule has 6 nitrogen and oxygen atoms in total. The van der Waals surface area contributed by atoms with E-state index in [0.29, 0.717) is 5.69 Å². The van der Waals surface area contributed by atoms with Gasteiger partial charge in [0.2, 0.25) is 0 Å². The van der Waals surface area contributed by atoms with Gasteiger partial charge >= 0.3 is 5.69 Å². The van der Waals surface area contributed by atoms with Gasteiger partial charge < -0.3 is 5.73 Å². The summed E-state index contributed by atoms with van der Waals surface area (Å²) in [5.41, 5.74) is 6.83. The zero-order valence-electron chi connectivity index (χ0n) is 10.2. The fourth-order valence-corrected chi connectivity index (χ4v) is 1.76. The summed E-state index contributed by atoms with van der Waals surface area (Å²) in [5, 5.41) is 14.7. The molecule has 0 radical (unpaired) electrons. The van der Waals surface area contributed by atoms with Crippen molar-refractivity contribution < 1.29 is 4.92 Å². The number of nitro groups is 1. The summed E-state index contributed by atoms with van der Waals surface area (Å²) in [7, 11) is 0. The van der Waals surface area contributed by atoms with Crippen LogP contribution in [-0.2, 0) is 5.54 Å². The average Bonchev–Trinajstić information content (AvgIpc) is 2.79. The molecular formula is C12H14N4O2. The number of hydrogen-bond acceptors (Lipinski definition) is 4. The normalized spacial score (nSPS) is 11.4. The molecule has 1 aromatic heterocycles. The van der Waals surface area contributed by atoms with Crippen LogP contribution in [0, 0.1) is 10.1 Å². The van der Waals surface area contributed by atoms with Crippen molar-refractivity contribution in [1.29, 1.82) is 0 Å². The zero-order valence-corrected chi connectivity index (χ0v) is 10.2. The Labute approximate surface area is 104 Å². The predicted molar refractivity (Wildman–Crippen MR) is 68.2 cm³/mol. The third-order valence-corrected chi connectivity index (χ3v) is 2.95. The first kappa shape index (κ1) is 12.1. The maximum absolute atomic E-state index is 10.7. The van der Waals surface area contributed by atoms with Crippen molar-refractivity contribution in [3.05, 3.63) is 52.3 Å². The molecule has 0 saturated heterocycles. The monoisotopic (exact) mass is 246 g/mol. The van der Waals surface area contributed by atoms with E-state index in [9.17, 15) is 10.1 Å². The van der Waals surface area contributed by atoms with Crippen molar-refractivity contribution in [2.45, 2.75) is 19.4 Å². The van der Waals surface area contributed by atoms with Crippen molar-refractivity contribution in [2.24, 2.45) is 0 Å². The van der Waals surface area contributed by atoms with Gasteiger partial charge in [0.1, 0.15) is 12.4 Å². The highest BCUT2D eigenvalue weighted by Gasteiger charge is 2.25. The molecular weight excluding hydrogens is 232 g/mol. The number of nitrogens with zero attached hydrogens (tertiary/aromatic N) is 3. The standard InChI is InChI=1S/C12H14N4O2/c1-12(2,9-4-3-5-10(13)6-9)15-8-11(7-14-15)16(17)18/h3-8H,13H2,1-2H3. The van der Waals surface area contributed by atoms with Crippen LogP contribution >= 0.6 is 0 Å². The number of benzene rings is 1. The molecule has 0 bridgehead atoms. The molecule has 0 amide bonds. The summed E-state index contributed by atoms with van der Waals surface area (Å²) in [6.45, 7) is 3.86. The Hall–Kier alpha value is -2.37. The molecule has 1 heterocycles. The van der Waals surface area contributed by atoms with Crippen molar-refractivity contribution in [2.75, 3.05) is 5.73 Å². The van der Waals surface area contributed by atoms with Crippen LogP contribution in [0.25, 0.3) is 0 Å². The second-order valence-electron chi connectivity index (χ2n) is 4.58. The molecule has 0 aliphatic carbocycles. The Kier molecular flexibility index (Phi) is 2.78. The molecule has 2 aromatic rings. The van der Waals surface area contributed by atoms with Gasteiger partial charge in [-0.15, -0.1) is 0 Å². The molecule has 1 aromatic carbocycles. The third kappa shape index (κ3) is 2.04. The second-order valence-corrected chi connectivity index (χ2v) is 4.58. The maximum Gasteiger partial charge on any atom is 0.307 e. The molecule has 0 fully saturated rings. The van der Waals surface area contributed by atoms with Crippen molar-refractivity contribution in [3.8, 4) is 0 Å². The number of aromatic nitrogens is 2. The quantitative estimate of drug-likeness (QED) is 0.510. The average molecular weight is 246 g/mol. The van der Waals surface area contributed by atoms with Gasteiger partial charge in [-0.3, -0.25) is 14.8 Å². The van der Waals surface area contributed by atoms with E-state index in [1.807, 2.05) is 32.0 Å². The SMILES string of the molecule is CC(C)(c1cccc(N)c1)n1cc([N+](=O)[O-])cn1. The highest BCUT2D eigenvalue weighted by atomic mass is 16.6. The van der Waals surface area contributed by atoms with Crippen LogP contribution < -0.4 is 5.73 Å². The largest absolute Gasteiger partial charge is 0.399 e. The van der Waals surface area contributed by atoms with E-state index in [1.165, 1.54) is 12.4 Å². The van der Waals surface area contributed by atoms with Gasteiger partial charge in [0.25, 0.3) is 0 Å². The summed E-state index contributed by atoms with van der Waals surface area (Å²) >= 11 is 0. The smallest absolute Gasteiger partial charge is 0.307 e. The summed E-state index contributed by atoms with van der Waals surface area (Å²) in [6, 6.07) is 7.41. The van der Waals surface area contributed by atoms with E-state index in [2.05, 4.69) is 5.10 Å². The zero-order chi connectivity index (χ0) is 13.3. The van der Waals surface area contributed by atoms with E-state index < -0.39 is 10.5 Å². The van der Waals surface area contributed by atoms with E-state index in [1.54, 1.807) is 10.7 Å². The molecule has 94 valence electrons. The first-order valence-corrected chi connectivity index (χ1v) is 5.47. The Balaban J connectivity index is 2.43. The second kappa shape index (κ2) is 4.14. The highest BCUT2D eigenvalue weighted by molar-refractivity contribution is 5.43. The number of anilines is 1. The lowest BCUT2D eigenvalue weighted by atomic mass is 9.94. The van der Waals surface area contributed by atoms with Gasteiger partial charge in [0, 0.05) is 5.69 Å². The Morgan fingerprint density at radius 3 is 2.72 bits per heavy atom. The lowest BCUT2D eigenvalue weighted by Crippen LogP contribution is -2.28. The van der Waals surface area contributed by atoms with Crippen LogP contribution in [-0.4, -0.2) is 14.7 Å². The number of nitrogen functional groups attached to an aromatic ring is 1. The fraction of sp³-hybridized carbons (Fsp3) is 0.250. The number of rotatable bonds is 3. The third-order valence-electron chi connectivity index (χ3n) is 2.95. The Morgan fingerprint density at radius 1 is 1.44 bits per heavy atom. The number of hydrogen-bond donors (Lipinski definition) is 1. The van der Waals surface area contributed by atoms with Crippen LogP contribution in [0.15, 0.2) is 36.7 Å². The molecule has 6 heteroatoms. The molecule has 18 heavy (non-hydrogen) atoms. The van der Waals surface area contributed by atoms with Gasteiger partial charge in [-0.2, -0.15) is 5.10 Å². The van der Waals surface area contributed by atoms with Crippen LogP contribution in [0.2, 0.25) is 0 Å². The molecule has 0 unspecified atom stereocenters. The summed E-state index contributed by atoms with van der Waals surface area (Å²) in [5.74, 6) is 0. The molecule has 0 saturated carbocycles. The van der Waals surface area contributed by atoms with Gasteiger partial charge in [-0.25, -0.2) is 0 Å². The topological polar surface area (TPSA) is 87.0 Å². The van der Waals surface area contributed by atoms with Crippen molar-refractivity contribution >= 4 is 11.4 Å².